The fourth-order valence-electron chi connectivity index (χ4n) is 2.62. The molecular weight excluding hydrogens is 314 g/mol. The SMILES string of the molecule is CCNC(=O)[C@H](C)NC(=O)C1CCN(C(=O)c2cccs2)CC1. The van der Waals surface area contributed by atoms with Crippen molar-refractivity contribution in [3.63, 3.8) is 0 Å². The molecule has 0 spiro atoms. The maximum atomic E-state index is 12.3. The summed E-state index contributed by atoms with van der Waals surface area (Å²) in [7, 11) is 0. The summed E-state index contributed by atoms with van der Waals surface area (Å²) in [5, 5.41) is 7.32. The predicted octanol–water partition coefficient (Wildman–Crippen LogP) is 1.24. The number of nitrogens with zero attached hydrogens (tertiary/aromatic N) is 1. The molecule has 1 atom stereocenters. The van der Waals surface area contributed by atoms with Gasteiger partial charge in [-0.2, -0.15) is 0 Å². The molecule has 0 unspecified atom stereocenters. The Balaban J connectivity index is 1.81. The van der Waals surface area contributed by atoms with E-state index in [1.807, 2.05) is 24.4 Å². The van der Waals surface area contributed by atoms with Gasteiger partial charge in [-0.25, -0.2) is 0 Å². The normalized spacial score (nSPS) is 16.7. The number of carbonyl (C=O) groups excluding carboxylic acids is 3. The van der Waals surface area contributed by atoms with Gasteiger partial charge in [0.25, 0.3) is 5.91 Å². The molecule has 1 aliphatic rings. The standard InChI is InChI=1S/C16H23N3O3S/c1-3-17-14(20)11(2)18-15(21)12-6-8-19(9-7-12)16(22)13-5-4-10-23-13/h4-5,10-12H,3,6-9H2,1-2H3,(H,17,20)(H,18,21)/t11-/m0/s1. The third-order valence-electron chi connectivity index (χ3n) is 3.99. The Hall–Kier alpha value is -1.89. The molecule has 2 N–H and O–H groups in total. The Bertz CT molecular complexity index is 551. The van der Waals surface area contributed by atoms with Crippen LogP contribution in [-0.4, -0.2) is 48.3 Å². The quantitative estimate of drug-likeness (QED) is 0.848. The van der Waals surface area contributed by atoms with E-state index in [0.717, 1.165) is 4.88 Å². The molecule has 0 aliphatic carbocycles. The number of likely N-dealkylation sites (N-methyl/N-ethyl adjacent to an activating group) is 1. The fourth-order valence-corrected chi connectivity index (χ4v) is 3.32. The van der Waals surface area contributed by atoms with Crippen molar-refractivity contribution in [1.29, 1.82) is 0 Å². The third-order valence-corrected chi connectivity index (χ3v) is 4.85. The van der Waals surface area contributed by atoms with E-state index in [9.17, 15) is 14.4 Å². The van der Waals surface area contributed by atoms with Crippen molar-refractivity contribution in [3.05, 3.63) is 22.4 Å². The van der Waals surface area contributed by atoms with Crippen molar-refractivity contribution in [2.24, 2.45) is 5.92 Å². The van der Waals surface area contributed by atoms with Gasteiger partial charge in [0.1, 0.15) is 6.04 Å². The predicted molar refractivity (Wildman–Crippen MR) is 89.2 cm³/mol. The summed E-state index contributed by atoms with van der Waals surface area (Å²) in [6.45, 7) is 5.21. The number of piperidine rings is 1. The summed E-state index contributed by atoms with van der Waals surface area (Å²) in [6, 6.07) is 3.15. The second kappa shape index (κ2) is 8.10. The first kappa shape index (κ1) is 17.5. The molecule has 0 saturated carbocycles. The van der Waals surface area contributed by atoms with Crippen LogP contribution in [0, 0.1) is 5.92 Å². The van der Waals surface area contributed by atoms with Gasteiger partial charge < -0.3 is 15.5 Å². The van der Waals surface area contributed by atoms with Gasteiger partial charge in [-0.05, 0) is 38.1 Å². The van der Waals surface area contributed by atoms with E-state index >= 15 is 0 Å². The molecule has 23 heavy (non-hydrogen) atoms. The minimum atomic E-state index is -0.534. The van der Waals surface area contributed by atoms with Crippen LogP contribution in [0.4, 0.5) is 0 Å². The minimum absolute atomic E-state index is 0.0366. The Morgan fingerprint density at radius 3 is 2.61 bits per heavy atom. The van der Waals surface area contributed by atoms with Crippen LogP contribution in [0.15, 0.2) is 17.5 Å². The Morgan fingerprint density at radius 2 is 2.04 bits per heavy atom. The van der Waals surface area contributed by atoms with Crippen LogP contribution in [0.3, 0.4) is 0 Å². The maximum Gasteiger partial charge on any atom is 0.263 e. The summed E-state index contributed by atoms with van der Waals surface area (Å²) in [5.74, 6) is -0.382. The van der Waals surface area contributed by atoms with Gasteiger partial charge in [-0.1, -0.05) is 6.07 Å². The van der Waals surface area contributed by atoms with E-state index in [1.54, 1.807) is 11.8 Å². The minimum Gasteiger partial charge on any atom is -0.355 e. The lowest BCUT2D eigenvalue weighted by Gasteiger charge is -2.31. The molecule has 0 aromatic carbocycles. The third kappa shape index (κ3) is 4.54. The number of rotatable bonds is 5. The zero-order valence-corrected chi connectivity index (χ0v) is 14.3. The topological polar surface area (TPSA) is 78.5 Å². The summed E-state index contributed by atoms with van der Waals surface area (Å²) in [6.07, 6.45) is 1.26. The highest BCUT2D eigenvalue weighted by Gasteiger charge is 2.29. The molecule has 1 aliphatic heterocycles. The molecule has 1 aromatic heterocycles. The number of amides is 3. The fraction of sp³-hybridized carbons (Fsp3) is 0.562. The second-order valence-corrected chi connectivity index (χ2v) is 6.62. The van der Waals surface area contributed by atoms with Gasteiger partial charge in [0.15, 0.2) is 0 Å². The van der Waals surface area contributed by atoms with Crippen LogP contribution in [-0.2, 0) is 9.59 Å². The largest absolute Gasteiger partial charge is 0.355 e. The van der Waals surface area contributed by atoms with Crippen molar-refractivity contribution >= 4 is 29.1 Å². The van der Waals surface area contributed by atoms with Gasteiger partial charge in [-0.3, -0.25) is 14.4 Å². The molecule has 3 amide bonds. The average Bonchev–Trinajstić information content (AvgIpc) is 3.09. The molecule has 2 heterocycles. The number of hydrogen-bond donors (Lipinski definition) is 2. The van der Waals surface area contributed by atoms with Gasteiger partial charge >= 0.3 is 0 Å². The molecule has 1 fully saturated rings. The highest BCUT2D eigenvalue weighted by atomic mass is 32.1. The lowest BCUT2D eigenvalue weighted by molar-refractivity contribution is -0.131. The van der Waals surface area contributed by atoms with Crippen LogP contribution in [0.25, 0.3) is 0 Å². The van der Waals surface area contributed by atoms with Gasteiger partial charge in [0, 0.05) is 25.6 Å². The van der Waals surface area contributed by atoms with Crippen molar-refractivity contribution in [2.75, 3.05) is 19.6 Å². The molecule has 0 radical (unpaired) electrons. The van der Waals surface area contributed by atoms with Crippen LogP contribution in [0.2, 0.25) is 0 Å². The van der Waals surface area contributed by atoms with E-state index in [-0.39, 0.29) is 23.6 Å². The molecule has 1 saturated heterocycles. The lowest BCUT2D eigenvalue weighted by Crippen LogP contribution is -2.49. The molecule has 7 heteroatoms. The first-order chi connectivity index (χ1) is 11.0. The molecule has 6 nitrogen and oxygen atoms in total. The number of likely N-dealkylation sites (tertiary alicyclic amines) is 1. The van der Waals surface area contributed by atoms with Gasteiger partial charge in [0.05, 0.1) is 4.88 Å². The highest BCUT2D eigenvalue weighted by molar-refractivity contribution is 7.12. The zero-order valence-electron chi connectivity index (χ0n) is 13.5. The zero-order chi connectivity index (χ0) is 16.8. The van der Waals surface area contributed by atoms with Gasteiger partial charge in [0.2, 0.25) is 11.8 Å². The lowest BCUT2D eigenvalue weighted by atomic mass is 9.95. The first-order valence-electron chi connectivity index (χ1n) is 7.93. The molecule has 1 aromatic rings. The second-order valence-electron chi connectivity index (χ2n) is 5.67. The van der Waals surface area contributed by atoms with Crippen molar-refractivity contribution in [3.8, 4) is 0 Å². The summed E-state index contributed by atoms with van der Waals surface area (Å²) in [5.41, 5.74) is 0. The molecule has 126 valence electrons. The summed E-state index contributed by atoms with van der Waals surface area (Å²) in [4.78, 5) is 38.7. The number of hydrogen-bond acceptors (Lipinski definition) is 4. The summed E-state index contributed by atoms with van der Waals surface area (Å²) >= 11 is 1.43. The molecule has 2 rings (SSSR count). The molecular formula is C16H23N3O3S. The monoisotopic (exact) mass is 337 g/mol. The van der Waals surface area contributed by atoms with Crippen LogP contribution in [0.5, 0.6) is 0 Å². The Morgan fingerprint density at radius 1 is 1.35 bits per heavy atom. The number of nitrogens with one attached hydrogen (secondary N) is 2. The summed E-state index contributed by atoms with van der Waals surface area (Å²) < 4.78 is 0. The van der Waals surface area contributed by atoms with Crippen molar-refractivity contribution in [2.45, 2.75) is 32.7 Å². The smallest absolute Gasteiger partial charge is 0.263 e. The van der Waals surface area contributed by atoms with Crippen molar-refractivity contribution in [1.82, 2.24) is 15.5 Å². The molecule has 0 bridgehead atoms. The first-order valence-corrected chi connectivity index (χ1v) is 8.81. The van der Waals surface area contributed by atoms with Gasteiger partial charge in [-0.15, -0.1) is 11.3 Å². The van der Waals surface area contributed by atoms with E-state index in [0.29, 0.717) is 32.5 Å². The Kier molecular flexibility index (Phi) is 6.15. The van der Waals surface area contributed by atoms with E-state index in [4.69, 9.17) is 0 Å². The Labute approximate surface area is 140 Å². The number of carbonyl (C=O) groups is 3. The van der Waals surface area contributed by atoms with E-state index in [1.165, 1.54) is 11.3 Å². The average molecular weight is 337 g/mol. The number of thiophene rings is 1. The van der Waals surface area contributed by atoms with Crippen LogP contribution < -0.4 is 10.6 Å². The van der Waals surface area contributed by atoms with E-state index in [2.05, 4.69) is 10.6 Å². The van der Waals surface area contributed by atoms with E-state index < -0.39 is 6.04 Å². The van der Waals surface area contributed by atoms with Crippen LogP contribution in [0.1, 0.15) is 36.4 Å². The maximum absolute atomic E-state index is 12.3. The highest BCUT2D eigenvalue weighted by Crippen LogP contribution is 2.21. The van der Waals surface area contributed by atoms with Crippen molar-refractivity contribution < 1.29 is 14.4 Å². The van der Waals surface area contributed by atoms with Crippen LogP contribution >= 0.6 is 11.3 Å².